The second kappa shape index (κ2) is 9.33. The zero-order chi connectivity index (χ0) is 17.3. The highest BCUT2D eigenvalue weighted by molar-refractivity contribution is 5.78. The highest BCUT2D eigenvalue weighted by atomic mass is 16.1. The van der Waals surface area contributed by atoms with Crippen molar-refractivity contribution in [2.45, 2.75) is 32.2 Å². The van der Waals surface area contributed by atoms with E-state index in [4.69, 9.17) is 0 Å². The van der Waals surface area contributed by atoms with Gasteiger partial charge < -0.3 is 5.32 Å². The van der Waals surface area contributed by atoms with Crippen molar-refractivity contribution in [3.63, 3.8) is 0 Å². The molecule has 1 aromatic carbocycles. The van der Waals surface area contributed by atoms with Crippen LogP contribution in [0.2, 0.25) is 0 Å². The van der Waals surface area contributed by atoms with Crippen LogP contribution in [0, 0.1) is 5.92 Å². The Balaban J connectivity index is 1.40. The van der Waals surface area contributed by atoms with Gasteiger partial charge in [0.15, 0.2) is 0 Å². The number of pyridine rings is 1. The summed E-state index contributed by atoms with van der Waals surface area (Å²) in [7, 11) is 0. The molecule has 2 heterocycles. The lowest BCUT2D eigenvalue weighted by atomic mass is 10.0. The molecule has 1 aliphatic rings. The molecule has 0 saturated carbocycles. The predicted octanol–water partition coefficient (Wildman–Crippen LogP) is 3.04. The number of hydrogen-bond donors (Lipinski definition) is 1. The van der Waals surface area contributed by atoms with Gasteiger partial charge in [-0.2, -0.15) is 0 Å². The van der Waals surface area contributed by atoms with Crippen LogP contribution in [0.25, 0.3) is 0 Å². The van der Waals surface area contributed by atoms with Crippen LogP contribution in [-0.4, -0.2) is 35.4 Å². The van der Waals surface area contributed by atoms with E-state index < -0.39 is 0 Å². The lowest BCUT2D eigenvalue weighted by Gasteiger charge is -2.20. The molecule has 1 aromatic heterocycles. The third-order valence-corrected chi connectivity index (χ3v) is 4.86. The highest BCUT2D eigenvalue weighted by Crippen LogP contribution is 2.18. The molecule has 25 heavy (non-hydrogen) atoms. The Morgan fingerprint density at radius 3 is 2.72 bits per heavy atom. The van der Waals surface area contributed by atoms with Gasteiger partial charge in [-0.05, 0) is 55.5 Å². The molecule has 1 atom stereocenters. The van der Waals surface area contributed by atoms with Crippen LogP contribution in [0.1, 0.15) is 30.4 Å². The average Bonchev–Trinajstić information content (AvgIpc) is 2.87. The number of hydrogen-bond acceptors (Lipinski definition) is 3. The van der Waals surface area contributed by atoms with Crippen LogP contribution in [0.5, 0.6) is 0 Å². The SMILES string of the molecule is O=C(Cc1cccnc1)NCC1CCCN(Cc2ccccc2)CC1. The molecule has 4 nitrogen and oxygen atoms in total. The van der Waals surface area contributed by atoms with Gasteiger partial charge in [-0.1, -0.05) is 36.4 Å². The Hall–Kier alpha value is -2.20. The number of nitrogens with one attached hydrogen (secondary N) is 1. The minimum atomic E-state index is 0.0957. The van der Waals surface area contributed by atoms with E-state index >= 15 is 0 Å². The summed E-state index contributed by atoms with van der Waals surface area (Å²) < 4.78 is 0. The molecule has 3 rings (SSSR count). The van der Waals surface area contributed by atoms with Crippen LogP contribution < -0.4 is 5.32 Å². The third-order valence-electron chi connectivity index (χ3n) is 4.86. The van der Waals surface area contributed by atoms with Crippen molar-refractivity contribution < 1.29 is 4.79 Å². The molecule has 1 amide bonds. The van der Waals surface area contributed by atoms with Crippen LogP contribution in [0.4, 0.5) is 0 Å². The van der Waals surface area contributed by atoms with Crippen LogP contribution >= 0.6 is 0 Å². The van der Waals surface area contributed by atoms with Gasteiger partial charge in [-0.3, -0.25) is 14.7 Å². The lowest BCUT2D eigenvalue weighted by molar-refractivity contribution is -0.120. The molecule has 1 aliphatic heterocycles. The van der Waals surface area contributed by atoms with Crippen LogP contribution in [0.15, 0.2) is 54.9 Å². The van der Waals surface area contributed by atoms with E-state index in [0.29, 0.717) is 12.3 Å². The largest absolute Gasteiger partial charge is 0.356 e. The molecular weight excluding hydrogens is 310 g/mol. The molecule has 0 bridgehead atoms. The van der Waals surface area contributed by atoms with E-state index in [9.17, 15) is 4.79 Å². The van der Waals surface area contributed by atoms with Crippen molar-refractivity contribution in [1.82, 2.24) is 15.2 Å². The van der Waals surface area contributed by atoms with E-state index in [1.165, 1.54) is 18.4 Å². The first-order valence-electron chi connectivity index (χ1n) is 9.21. The van der Waals surface area contributed by atoms with Gasteiger partial charge in [0.2, 0.25) is 5.91 Å². The van der Waals surface area contributed by atoms with Crippen molar-refractivity contribution >= 4 is 5.91 Å². The number of nitrogens with zero attached hydrogens (tertiary/aromatic N) is 2. The number of carbonyl (C=O) groups excluding carboxylic acids is 1. The molecule has 1 fully saturated rings. The molecule has 0 radical (unpaired) electrons. The van der Waals surface area contributed by atoms with E-state index in [2.05, 4.69) is 45.5 Å². The summed E-state index contributed by atoms with van der Waals surface area (Å²) in [5.74, 6) is 0.678. The van der Waals surface area contributed by atoms with Crippen molar-refractivity contribution in [3.05, 3.63) is 66.0 Å². The van der Waals surface area contributed by atoms with E-state index in [1.807, 2.05) is 12.1 Å². The monoisotopic (exact) mass is 337 g/mol. The number of benzene rings is 1. The fraction of sp³-hybridized carbons (Fsp3) is 0.429. The molecule has 1 unspecified atom stereocenters. The molecule has 0 spiro atoms. The maximum Gasteiger partial charge on any atom is 0.224 e. The first-order valence-corrected chi connectivity index (χ1v) is 9.21. The molecule has 0 aliphatic carbocycles. The quantitative estimate of drug-likeness (QED) is 0.881. The first kappa shape index (κ1) is 17.6. The third kappa shape index (κ3) is 5.98. The summed E-state index contributed by atoms with van der Waals surface area (Å²) in [4.78, 5) is 18.7. The number of rotatable bonds is 6. The van der Waals surface area contributed by atoms with Gasteiger partial charge >= 0.3 is 0 Å². The normalized spacial score (nSPS) is 18.5. The highest BCUT2D eigenvalue weighted by Gasteiger charge is 2.17. The topological polar surface area (TPSA) is 45.2 Å². The molecule has 2 aromatic rings. The number of aromatic nitrogens is 1. The number of carbonyl (C=O) groups is 1. The Kier molecular flexibility index (Phi) is 6.57. The second-order valence-electron chi connectivity index (χ2n) is 6.90. The predicted molar refractivity (Wildman–Crippen MR) is 100 cm³/mol. The number of likely N-dealkylation sites (tertiary alicyclic amines) is 1. The van der Waals surface area contributed by atoms with Gasteiger partial charge in [0.25, 0.3) is 0 Å². The maximum absolute atomic E-state index is 12.1. The summed E-state index contributed by atoms with van der Waals surface area (Å²) in [6, 6.07) is 14.5. The average molecular weight is 337 g/mol. The molecule has 4 heteroatoms. The lowest BCUT2D eigenvalue weighted by Crippen LogP contribution is -2.31. The van der Waals surface area contributed by atoms with Gasteiger partial charge in [-0.15, -0.1) is 0 Å². The summed E-state index contributed by atoms with van der Waals surface area (Å²) in [6.07, 6.45) is 7.45. The van der Waals surface area contributed by atoms with E-state index in [0.717, 1.165) is 38.2 Å². The maximum atomic E-state index is 12.1. The van der Waals surface area contributed by atoms with Gasteiger partial charge in [0, 0.05) is 25.5 Å². The van der Waals surface area contributed by atoms with Crippen molar-refractivity contribution in [3.8, 4) is 0 Å². The van der Waals surface area contributed by atoms with Gasteiger partial charge in [0.1, 0.15) is 0 Å². The van der Waals surface area contributed by atoms with Gasteiger partial charge in [0.05, 0.1) is 6.42 Å². The summed E-state index contributed by atoms with van der Waals surface area (Å²) in [5.41, 5.74) is 2.35. The minimum absolute atomic E-state index is 0.0957. The fourth-order valence-corrected chi connectivity index (χ4v) is 3.44. The van der Waals surface area contributed by atoms with Crippen molar-refractivity contribution in [1.29, 1.82) is 0 Å². The Bertz CT molecular complexity index is 645. The van der Waals surface area contributed by atoms with Crippen molar-refractivity contribution in [2.75, 3.05) is 19.6 Å². The summed E-state index contributed by atoms with van der Waals surface area (Å²) >= 11 is 0. The standard InChI is InChI=1S/C21H27N3O/c25-21(14-20-8-4-11-22-15-20)23-16-18-9-5-12-24(13-10-18)17-19-6-2-1-3-7-19/h1-4,6-8,11,15,18H,5,9-10,12-14,16-17H2,(H,23,25). The molecule has 132 valence electrons. The number of amides is 1. The van der Waals surface area contributed by atoms with Crippen molar-refractivity contribution in [2.24, 2.45) is 5.92 Å². The Morgan fingerprint density at radius 1 is 1.08 bits per heavy atom. The van der Waals surface area contributed by atoms with Crippen LogP contribution in [-0.2, 0) is 17.8 Å². The molecule has 1 saturated heterocycles. The minimum Gasteiger partial charge on any atom is -0.356 e. The zero-order valence-electron chi connectivity index (χ0n) is 14.7. The first-order chi connectivity index (χ1) is 12.3. The van der Waals surface area contributed by atoms with E-state index in [1.54, 1.807) is 12.4 Å². The second-order valence-corrected chi connectivity index (χ2v) is 6.90. The zero-order valence-corrected chi connectivity index (χ0v) is 14.7. The summed E-state index contributed by atoms with van der Waals surface area (Å²) in [5, 5.41) is 3.11. The molecular formula is C21H27N3O. The summed E-state index contributed by atoms with van der Waals surface area (Å²) in [6.45, 7) is 4.08. The van der Waals surface area contributed by atoms with Crippen LogP contribution in [0.3, 0.4) is 0 Å². The smallest absolute Gasteiger partial charge is 0.224 e. The fourth-order valence-electron chi connectivity index (χ4n) is 3.44. The Morgan fingerprint density at radius 2 is 1.92 bits per heavy atom. The van der Waals surface area contributed by atoms with Gasteiger partial charge in [-0.25, -0.2) is 0 Å². The van der Waals surface area contributed by atoms with E-state index in [-0.39, 0.29) is 5.91 Å². The Labute approximate surface area is 150 Å². The molecule has 1 N–H and O–H groups in total.